The summed E-state index contributed by atoms with van der Waals surface area (Å²) in [4.78, 5) is 31.8. The zero-order valence-corrected chi connectivity index (χ0v) is 15.7. The van der Waals surface area contributed by atoms with E-state index in [0.29, 0.717) is 17.1 Å². The van der Waals surface area contributed by atoms with Crippen molar-refractivity contribution in [2.24, 2.45) is 5.10 Å². The molecule has 0 unspecified atom stereocenters. The molecule has 0 radical (unpaired) electrons. The number of carbonyl (C=O) groups is 1. The molecule has 2 aromatic carbocycles. The van der Waals surface area contributed by atoms with Gasteiger partial charge < -0.3 is 4.57 Å². The number of nitro benzene ring substituents is 1. The number of carbonyl (C=O) groups excluding carboxylic acids is 1. The van der Waals surface area contributed by atoms with Crippen molar-refractivity contribution in [2.75, 3.05) is 0 Å². The average molecular weight is 400 g/mol. The van der Waals surface area contributed by atoms with E-state index in [-0.39, 0.29) is 18.1 Å². The molecule has 0 atom stereocenters. The fourth-order valence-corrected chi connectivity index (χ4v) is 3.00. The Hall–Kier alpha value is -4.40. The number of hydrazone groups is 1. The predicted octanol–water partition coefficient (Wildman–Crippen LogP) is 3.16. The van der Waals surface area contributed by atoms with Crippen LogP contribution in [0.1, 0.15) is 5.56 Å². The molecule has 0 bridgehead atoms. The second kappa shape index (κ2) is 8.31. The van der Waals surface area contributed by atoms with Crippen LogP contribution in [-0.4, -0.2) is 31.6 Å². The van der Waals surface area contributed by atoms with Gasteiger partial charge in [-0.25, -0.2) is 10.4 Å². The van der Waals surface area contributed by atoms with Gasteiger partial charge in [-0.2, -0.15) is 5.10 Å². The molecule has 148 valence electrons. The molecule has 9 heteroatoms. The van der Waals surface area contributed by atoms with Crippen molar-refractivity contribution in [1.29, 1.82) is 0 Å². The van der Waals surface area contributed by atoms with E-state index in [1.54, 1.807) is 22.9 Å². The second-order valence-electron chi connectivity index (χ2n) is 6.37. The predicted molar refractivity (Wildman–Crippen MR) is 112 cm³/mol. The third kappa shape index (κ3) is 4.04. The first-order valence-electron chi connectivity index (χ1n) is 9.05. The number of hydrogen-bond donors (Lipinski definition) is 1. The third-order valence-electron chi connectivity index (χ3n) is 4.33. The van der Waals surface area contributed by atoms with Gasteiger partial charge in [-0.15, -0.1) is 0 Å². The lowest BCUT2D eigenvalue weighted by Crippen LogP contribution is -2.23. The Labute approximate surface area is 170 Å². The van der Waals surface area contributed by atoms with Crippen LogP contribution in [0.5, 0.6) is 0 Å². The Balaban J connectivity index is 1.55. The maximum absolute atomic E-state index is 12.5. The summed E-state index contributed by atoms with van der Waals surface area (Å²) in [7, 11) is 0. The zero-order chi connectivity index (χ0) is 20.9. The lowest BCUT2D eigenvalue weighted by molar-refractivity contribution is -0.384. The molecule has 0 aliphatic carbocycles. The highest BCUT2D eigenvalue weighted by Crippen LogP contribution is 2.23. The van der Waals surface area contributed by atoms with Crippen LogP contribution in [-0.2, 0) is 11.3 Å². The number of benzene rings is 2. The van der Waals surface area contributed by atoms with E-state index in [1.807, 2.05) is 42.5 Å². The van der Waals surface area contributed by atoms with Crippen molar-refractivity contribution in [1.82, 2.24) is 20.0 Å². The highest BCUT2D eigenvalue weighted by Gasteiger charge is 2.15. The highest BCUT2D eigenvalue weighted by molar-refractivity contribution is 5.85. The average Bonchev–Trinajstić information content (AvgIpc) is 3.13. The Morgan fingerprint density at radius 1 is 1.13 bits per heavy atom. The van der Waals surface area contributed by atoms with Crippen LogP contribution in [0.25, 0.3) is 22.6 Å². The van der Waals surface area contributed by atoms with E-state index in [0.717, 1.165) is 11.0 Å². The molecular weight excluding hydrogens is 384 g/mol. The molecule has 2 aromatic heterocycles. The van der Waals surface area contributed by atoms with Crippen molar-refractivity contribution in [2.45, 2.75) is 6.54 Å². The Morgan fingerprint density at radius 2 is 1.97 bits per heavy atom. The molecule has 0 aliphatic rings. The topological polar surface area (TPSA) is 115 Å². The number of fused-ring (bicyclic) bond motifs is 1. The second-order valence-corrected chi connectivity index (χ2v) is 6.37. The van der Waals surface area contributed by atoms with Crippen LogP contribution in [0, 0.1) is 10.1 Å². The number of hydrogen-bond acceptors (Lipinski definition) is 6. The van der Waals surface area contributed by atoms with Crippen molar-refractivity contribution in [3.63, 3.8) is 0 Å². The minimum atomic E-state index is -0.487. The van der Waals surface area contributed by atoms with E-state index in [9.17, 15) is 14.9 Å². The number of para-hydroxylation sites is 2. The summed E-state index contributed by atoms with van der Waals surface area (Å²) in [6, 6.07) is 19.0. The van der Waals surface area contributed by atoms with Crippen LogP contribution in [0.4, 0.5) is 5.69 Å². The van der Waals surface area contributed by atoms with Gasteiger partial charge >= 0.3 is 0 Å². The molecule has 0 fully saturated rings. The first-order chi connectivity index (χ1) is 14.6. The van der Waals surface area contributed by atoms with Gasteiger partial charge in [0.05, 0.1) is 22.2 Å². The standard InChI is InChI=1S/C21H16N6O3/c28-20(25-23-13-15-6-5-7-16(12-15)27(29)30)14-26-19-10-2-1-8-17(19)24-21(26)18-9-3-4-11-22-18/h1-13H,14H2,(H,25,28)/b23-13+. The molecule has 0 saturated heterocycles. The van der Waals surface area contributed by atoms with E-state index in [4.69, 9.17) is 0 Å². The number of rotatable bonds is 6. The number of nitrogens with zero attached hydrogens (tertiary/aromatic N) is 5. The summed E-state index contributed by atoms with van der Waals surface area (Å²) in [5.74, 6) is 0.214. The van der Waals surface area contributed by atoms with Crippen molar-refractivity contribution >= 4 is 28.8 Å². The monoisotopic (exact) mass is 400 g/mol. The van der Waals surface area contributed by atoms with Gasteiger partial charge in [0.1, 0.15) is 12.2 Å². The molecule has 4 rings (SSSR count). The summed E-state index contributed by atoms with van der Waals surface area (Å²) < 4.78 is 1.77. The summed E-state index contributed by atoms with van der Waals surface area (Å²) in [5.41, 5.74) is 5.12. The Bertz CT molecular complexity index is 1250. The minimum absolute atomic E-state index is 0.0152. The van der Waals surface area contributed by atoms with E-state index < -0.39 is 4.92 Å². The van der Waals surface area contributed by atoms with Crippen molar-refractivity contribution in [3.8, 4) is 11.5 Å². The summed E-state index contributed by atoms with van der Waals surface area (Å²) >= 11 is 0. The lowest BCUT2D eigenvalue weighted by Gasteiger charge is -2.07. The molecule has 1 amide bonds. The minimum Gasteiger partial charge on any atom is -0.313 e. The number of amides is 1. The van der Waals surface area contributed by atoms with Gasteiger partial charge in [0.15, 0.2) is 5.82 Å². The van der Waals surface area contributed by atoms with Crippen LogP contribution >= 0.6 is 0 Å². The lowest BCUT2D eigenvalue weighted by atomic mass is 10.2. The van der Waals surface area contributed by atoms with Crippen LogP contribution in [0.2, 0.25) is 0 Å². The Morgan fingerprint density at radius 3 is 2.77 bits per heavy atom. The third-order valence-corrected chi connectivity index (χ3v) is 4.33. The largest absolute Gasteiger partial charge is 0.313 e. The molecule has 4 aromatic rings. The number of pyridine rings is 1. The summed E-state index contributed by atoms with van der Waals surface area (Å²) in [6.45, 7) is -0.0152. The smallest absolute Gasteiger partial charge is 0.270 e. The maximum atomic E-state index is 12.5. The van der Waals surface area contributed by atoms with Gasteiger partial charge in [-0.1, -0.05) is 30.3 Å². The van der Waals surface area contributed by atoms with E-state index >= 15 is 0 Å². The van der Waals surface area contributed by atoms with Crippen molar-refractivity contribution in [3.05, 3.63) is 88.6 Å². The number of aromatic nitrogens is 3. The van der Waals surface area contributed by atoms with Crippen molar-refractivity contribution < 1.29 is 9.72 Å². The molecule has 2 heterocycles. The van der Waals surface area contributed by atoms with E-state index in [2.05, 4.69) is 20.5 Å². The SMILES string of the molecule is O=C(Cn1c(-c2ccccn2)nc2ccccc21)N/N=C/c1cccc([N+](=O)[O-])c1. The number of imidazole rings is 1. The number of nitrogens with one attached hydrogen (secondary N) is 1. The summed E-state index contributed by atoms with van der Waals surface area (Å²) in [6.07, 6.45) is 3.03. The Kier molecular flexibility index (Phi) is 5.25. The van der Waals surface area contributed by atoms with Gasteiger partial charge in [0.2, 0.25) is 0 Å². The fraction of sp³-hybridized carbons (Fsp3) is 0.0476. The van der Waals surface area contributed by atoms with Crippen LogP contribution in [0.3, 0.4) is 0 Å². The molecular formula is C21H16N6O3. The fourth-order valence-electron chi connectivity index (χ4n) is 3.00. The van der Waals surface area contributed by atoms with Gasteiger partial charge in [-0.05, 0) is 24.3 Å². The molecule has 30 heavy (non-hydrogen) atoms. The first kappa shape index (κ1) is 18.9. The highest BCUT2D eigenvalue weighted by atomic mass is 16.6. The quantitative estimate of drug-likeness (QED) is 0.303. The number of non-ortho nitro benzene ring substituents is 1. The number of nitro groups is 1. The first-order valence-corrected chi connectivity index (χ1v) is 9.05. The van der Waals surface area contributed by atoms with Gasteiger partial charge in [0.25, 0.3) is 11.6 Å². The molecule has 0 aliphatic heterocycles. The normalized spacial score (nSPS) is 11.1. The summed E-state index contributed by atoms with van der Waals surface area (Å²) in [5, 5.41) is 14.8. The molecule has 1 N–H and O–H groups in total. The van der Waals surface area contributed by atoms with Gasteiger partial charge in [-0.3, -0.25) is 19.9 Å². The maximum Gasteiger partial charge on any atom is 0.270 e. The zero-order valence-electron chi connectivity index (χ0n) is 15.7. The molecule has 9 nitrogen and oxygen atoms in total. The van der Waals surface area contributed by atoms with Crippen LogP contribution < -0.4 is 5.43 Å². The van der Waals surface area contributed by atoms with Crippen LogP contribution in [0.15, 0.2) is 78.0 Å². The van der Waals surface area contributed by atoms with E-state index in [1.165, 1.54) is 18.3 Å². The molecule has 0 saturated carbocycles. The van der Waals surface area contributed by atoms with Gasteiger partial charge in [0, 0.05) is 23.9 Å². The molecule has 0 spiro atoms.